The van der Waals surface area contributed by atoms with Crippen LogP contribution in [0.1, 0.15) is 67.8 Å². The molecule has 4 aromatic carbocycles. The molecule has 0 N–H and O–H groups in total. The van der Waals surface area contributed by atoms with E-state index in [4.69, 9.17) is 4.74 Å². The van der Waals surface area contributed by atoms with Crippen molar-refractivity contribution in [2.24, 2.45) is 0 Å². The average molecular weight is 605 g/mol. The summed E-state index contributed by atoms with van der Waals surface area (Å²) in [6.45, 7) is 5.57. The molecular formula is C41H36N2O3. The van der Waals surface area contributed by atoms with Crippen LogP contribution < -0.4 is 4.74 Å². The van der Waals surface area contributed by atoms with Crippen molar-refractivity contribution in [1.82, 2.24) is 9.55 Å². The summed E-state index contributed by atoms with van der Waals surface area (Å²) >= 11 is 0. The molecule has 5 heteroatoms. The van der Waals surface area contributed by atoms with E-state index in [9.17, 15) is 9.59 Å². The fourth-order valence-corrected chi connectivity index (χ4v) is 6.84. The Bertz CT molecular complexity index is 2030. The van der Waals surface area contributed by atoms with Gasteiger partial charge in [-0.1, -0.05) is 79.7 Å². The molecule has 7 rings (SSSR count). The quantitative estimate of drug-likeness (QED) is 0.147. The lowest BCUT2D eigenvalue weighted by Gasteiger charge is -2.27. The number of hydrogen-bond acceptors (Lipinski definition) is 4. The van der Waals surface area contributed by atoms with E-state index in [1.165, 1.54) is 11.1 Å². The van der Waals surface area contributed by atoms with Gasteiger partial charge in [0.2, 0.25) is 0 Å². The number of fused-ring (bicyclic) bond motifs is 2. The number of aryl methyl sites for hydroxylation is 2. The Morgan fingerprint density at radius 3 is 2.26 bits per heavy atom. The number of carbonyl (C=O) groups is 2. The lowest BCUT2D eigenvalue weighted by atomic mass is 9.71. The van der Waals surface area contributed by atoms with E-state index in [-0.39, 0.29) is 18.0 Å². The van der Waals surface area contributed by atoms with Gasteiger partial charge in [-0.15, -0.1) is 0 Å². The summed E-state index contributed by atoms with van der Waals surface area (Å²) in [5.41, 5.74) is 5.61. The summed E-state index contributed by atoms with van der Waals surface area (Å²) in [5.74, 6) is 0.592. The molecule has 2 heterocycles. The maximum absolute atomic E-state index is 14.7. The highest BCUT2D eigenvalue weighted by Crippen LogP contribution is 2.44. The van der Waals surface area contributed by atoms with Gasteiger partial charge in [0, 0.05) is 47.2 Å². The minimum Gasteiger partial charge on any atom is -0.489 e. The number of hydrogen-bond donors (Lipinski definition) is 0. The van der Waals surface area contributed by atoms with Gasteiger partial charge in [-0.05, 0) is 89.9 Å². The molecular weight excluding hydrogens is 568 g/mol. The molecule has 2 atom stereocenters. The molecule has 1 aliphatic rings. The van der Waals surface area contributed by atoms with Crippen molar-refractivity contribution in [2.75, 3.05) is 0 Å². The Kier molecular flexibility index (Phi) is 7.83. The first-order valence-corrected chi connectivity index (χ1v) is 15.9. The van der Waals surface area contributed by atoms with E-state index in [1.807, 2.05) is 54.6 Å². The van der Waals surface area contributed by atoms with Crippen molar-refractivity contribution in [3.63, 3.8) is 0 Å². The number of aromatic nitrogens is 2. The zero-order valence-corrected chi connectivity index (χ0v) is 26.1. The van der Waals surface area contributed by atoms with Crippen molar-refractivity contribution in [1.29, 1.82) is 0 Å². The largest absolute Gasteiger partial charge is 0.489 e. The van der Waals surface area contributed by atoms with Gasteiger partial charge >= 0.3 is 0 Å². The van der Waals surface area contributed by atoms with E-state index in [2.05, 4.69) is 66.0 Å². The van der Waals surface area contributed by atoms with Gasteiger partial charge in [0.25, 0.3) is 0 Å². The van der Waals surface area contributed by atoms with Crippen LogP contribution in [0.2, 0.25) is 0 Å². The van der Waals surface area contributed by atoms with E-state index in [0.717, 1.165) is 35.0 Å². The van der Waals surface area contributed by atoms with Crippen LogP contribution in [-0.4, -0.2) is 21.1 Å². The molecule has 46 heavy (non-hydrogen) atoms. The van der Waals surface area contributed by atoms with Gasteiger partial charge < -0.3 is 9.30 Å². The van der Waals surface area contributed by atoms with E-state index in [0.29, 0.717) is 35.0 Å². The number of benzene rings is 4. The molecule has 228 valence electrons. The number of pyridine rings is 1. The third-order valence-electron chi connectivity index (χ3n) is 9.47. The number of ether oxygens (including phenoxy) is 1. The molecule has 0 saturated heterocycles. The number of carbonyl (C=O) groups excluding carboxylic acids is 2. The second kappa shape index (κ2) is 12.2. The predicted octanol–water partition coefficient (Wildman–Crippen LogP) is 8.68. The van der Waals surface area contributed by atoms with Crippen LogP contribution in [0.5, 0.6) is 5.75 Å². The minimum atomic E-state index is -1.39. The molecule has 0 aliphatic heterocycles. The van der Waals surface area contributed by atoms with Crippen LogP contribution in [0.15, 0.2) is 128 Å². The van der Waals surface area contributed by atoms with Gasteiger partial charge in [0.05, 0.1) is 0 Å². The van der Waals surface area contributed by atoms with Crippen molar-refractivity contribution in [2.45, 2.75) is 51.2 Å². The van der Waals surface area contributed by atoms with Crippen molar-refractivity contribution in [3.05, 3.63) is 167 Å². The average Bonchev–Trinajstić information content (AvgIpc) is 3.53. The Morgan fingerprint density at radius 2 is 1.50 bits per heavy atom. The Morgan fingerprint density at radius 1 is 0.783 bits per heavy atom. The molecule has 0 bridgehead atoms. The van der Waals surface area contributed by atoms with Crippen LogP contribution in [0, 0.1) is 6.92 Å². The van der Waals surface area contributed by atoms with Crippen LogP contribution in [0.3, 0.4) is 0 Å². The van der Waals surface area contributed by atoms with Gasteiger partial charge in [0.1, 0.15) is 17.8 Å². The van der Waals surface area contributed by atoms with Crippen LogP contribution in [0.25, 0.3) is 10.9 Å². The second-order valence-corrected chi connectivity index (χ2v) is 12.4. The van der Waals surface area contributed by atoms with E-state index >= 15 is 0 Å². The first-order chi connectivity index (χ1) is 22.4. The molecule has 2 unspecified atom stereocenters. The monoisotopic (exact) mass is 604 g/mol. The standard InChI is InChI=1S/C41H36N2O3/c1-28(32-11-7-4-8-12-32)19-22-43-26-29(2)35-15-13-33(23-38(35)43)41(25-30-17-20-42-21-18-30)39(44)36-16-14-34(24-37(36)40(41)45)46-27-31-9-5-3-6-10-31/h3-18,20-21,23-24,26,28H,19,22,25,27H2,1-2H3. The van der Waals surface area contributed by atoms with Crippen molar-refractivity contribution >= 4 is 22.5 Å². The first kappa shape index (κ1) is 29.4. The number of rotatable bonds is 10. The maximum atomic E-state index is 14.7. The smallest absolute Gasteiger partial charge is 0.182 e. The Hall–Kier alpha value is -5.29. The fraction of sp³-hybridized carbons (Fsp3) is 0.195. The lowest BCUT2D eigenvalue weighted by Crippen LogP contribution is -2.40. The van der Waals surface area contributed by atoms with Gasteiger partial charge in [0.15, 0.2) is 11.6 Å². The summed E-state index contributed by atoms with van der Waals surface area (Å²) in [6, 6.07) is 35.6. The van der Waals surface area contributed by atoms with Crippen molar-refractivity contribution < 1.29 is 14.3 Å². The van der Waals surface area contributed by atoms with Crippen LogP contribution >= 0.6 is 0 Å². The second-order valence-electron chi connectivity index (χ2n) is 12.4. The van der Waals surface area contributed by atoms with Gasteiger partial charge in [-0.3, -0.25) is 14.6 Å². The summed E-state index contributed by atoms with van der Waals surface area (Å²) in [7, 11) is 0. The summed E-state index contributed by atoms with van der Waals surface area (Å²) in [6.07, 6.45) is 6.82. The molecule has 0 spiro atoms. The number of nitrogens with zero attached hydrogens (tertiary/aromatic N) is 2. The highest BCUT2D eigenvalue weighted by molar-refractivity contribution is 6.33. The molecule has 6 aromatic rings. The fourth-order valence-electron chi connectivity index (χ4n) is 6.84. The molecule has 0 radical (unpaired) electrons. The van der Waals surface area contributed by atoms with Crippen LogP contribution in [-0.2, 0) is 25.0 Å². The normalized spacial score (nSPS) is 16.5. The zero-order valence-electron chi connectivity index (χ0n) is 26.1. The minimum absolute atomic E-state index is 0.175. The third kappa shape index (κ3) is 5.32. The summed E-state index contributed by atoms with van der Waals surface area (Å²) in [4.78, 5) is 33.4. The SMILES string of the molecule is Cc1cn(CCC(C)c2ccccc2)c2cc(C3(Cc4ccncc4)C(=O)c4ccc(OCc5ccccc5)cc4C3=O)ccc12. The van der Waals surface area contributed by atoms with E-state index < -0.39 is 5.41 Å². The molecule has 0 amide bonds. The highest BCUT2D eigenvalue weighted by Gasteiger charge is 2.54. The topological polar surface area (TPSA) is 61.2 Å². The molecule has 1 aliphatic carbocycles. The summed E-state index contributed by atoms with van der Waals surface area (Å²) in [5, 5.41) is 1.13. The summed E-state index contributed by atoms with van der Waals surface area (Å²) < 4.78 is 8.35. The first-order valence-electron chi connectivity index (χ1n) is 15.9. The lowest BCUT2D eigenvalue weighted by molar-refractivity contribution is 0.0793. The van der Waals surface area contributed by atoms with E-state index in [1.54, 1.807) is 30.6 Å². The van der Waals surface area contributed by atoms with Gasteiger partial charge in [-0.2, -0.15) is 0 Å². The maximum Gasteiger partial charge on any atom is 0.182 e. The number of Topliss-reactive ketones (excluding diaryl/α,β-unsaturated/α-hetero) is 2. The highest BCUT2D eigenvalue weighted by atomic mass is 16.5. The Labute approximate surface area is 269 Å². The Balaban J connectivity index is 1.27. The molecule has 5 nitrogen and oxygen atoms in total. The molecule has 0 fully saturated rings. The zero-order chi connectivity index (χ0) is 31.7. The molecule has 0 saturated carbocycles. The van der Waals surface area contributed by atoms with Gasteiger partial charge in [-0.25, -0.2) is 0 Å². The third-order valence-corrected chi connectivity index (χ3v) is 9.47. The van der Waals surface area contributed by atoms with Crippen LogP contribution in [0.4, 0.5) is 0 Å². The molecule has 2 aromatic heterocycles. The number of ketones is 2. The van der Waals surface area contributed by atoms with Crippen molar-refractivity contribution in [3.8, 4) is 5.75 Å². The predicted molar refractivity (Wildman–Crippen MR) is 182 cm³/mol.